The van der Waals surface area contributed by atoms with Gasteiger partial charge in [0.2, 0.25) is 5.78 Å². The average molecular weight is 272 g/mol. The largest absolute Gasteiger partial charge is 0.507 e. The van der Waals surface area contributed by atoms with E-state index in [0.717, 1.165) is 0 Å². The van der Waals surface area contributed by atoms with Crippen LogP contribution in [0.15, 0.2) is 16.6 Å². The van der Waals surface area contributed by atoms with E-state index in [0.29, 0.717) is 10.0 Å². The van der Waals surface area contributed by atoms with Gasteiger partial charge in [0.05, 0.1) is 12.0 Å². The highest BCUT2D eigenvalue weighted by Crippen LogP contribution is 2.35. The quantitative estimate of drug-likeness (QED) is 0.621. The number of carbonyl (C=O) groups excluding carboxylic acids is 1. The molecule has 1 aromatic rings. The summed E-state index contributed by atoms with van der Waals surface area (Å²) in [7, 11) is 0. The smallest absolute Gasteiger partial charge is 0.279 e. The summed E-state index contributed by atoms with van der Waals surface area (Å²) in [5.74, 6) is -0.809. The molecule has 0 saturated heterocycles. The summed E-state index contributed by atoms with van der Waals surface area (Å²) in [4.78, 5) is 21.6. The van der Waals surface area contributed by atoms with Crippen molar-refractivity contribution in [2.45, 2.75) is 12.5 Å². The Morgan fingerprint density at radius 2 is 2.20 bits per heavy atom. The Balaban J connectivity index is 2.58. The van der Waals surface area contributed by atoms with Gasteiger partial charge in [-0.2, -0.15) is 0 Å². The minimum atomic E-state index is -1.26. The highest BCUT2D eigenvalue weighted by atomic mass is 79.9. The minimum Gasteiger partial charge on any atom is -0.507 e. The number of phenols is 1. The zero-order valence-electron chi connectivity index (χ0n) is 7.44. The van der Waals surface area contributed by atoms with E-state index in [1.807, 2.05) is 0 Å². The third-order valence-corrected chi connectivity index (χ3v) is 3.18. The Bertz CT molecular complexity index is 471. The van der Waals surface area contributed by atoms with Crippen LogP contribution >= 0.6 is 15.9 Å². The summed E-state index contributed by atoms with van der Waals surface area (Å²) in [5, 5.41) is 20.1. The maximum atomic E-state index is 11.6. The number of phenolic OH excluding ortho intramolecular Hbond substituents is 1. The van der Waals surface area contributed by atoms with Gasteiger partial charge >= 0.3 is 0 Å². The number of benzene rings is 1. The van der Waals surface area contributed by atoms with Gasteiger partial charge in [-0.1, -0.05) is 15.9 Å². The second kappa shape index (κ2) is 3.30. The van der Waals surface area contributed by atoms with Crippen LogP contribution in [0.3, 0.4) is 0 Å². The van der Waals surface area contributed by atoms with Gasteiger partial charge in [-0.25, -0.2) is 0 Å². The number of carbonyl (C=O) groups is 1. The molecule has 0 radical (unpaired) electrons. The van der Waals surface area contributed by atoms with Crippen LogP contribution in [0.25, 0.3) is 0 Å². The summed E-state index contributed by atoms with van der Waals surface area (Å²) >= 11 is 3.20. The first kappa shape index (κ1) is 10.1. The number of hydrogen-bond donors (Lipinski definition) is 1. The topological polar surface area (TPSA) is 80.4 Å². The molecule has 0 aromatic heterocycles. The van der Waals surface area contributed by atoms with Gasteiger partial charge in [0, 0.05) is 9.40 Å². The Kier molecular flexibility index (Phi) is 2.22. The van der Waals surface area contributed by atoms with Crippen LogP contribution in [0.4, 0.5) is 0 Å². The molecule has 1 aromatic carbocycles. The summed E-state index contributed by atoms with van der Waals surface area (Å²) in [6.07, 6.45) is 0.0378. The molecule has 5 nitrogen and oxygen atoms in total. The van der Waals surface area contributed by atoms with E-state index < -0.39 is 16.7 Å². The Hall–Kier alpha value is -1.43. The van der Waals surface area contributed by atoms with E-state index in [2.05, 4.69) is 15.9 Å². The molecule has 0 fully saturated rings. The van der Waals surface area contributed by atoms with Crippen molar-refractivity contribution >= 4 is 21.7 Å². The maximum Gasteiger partial charge on any atom is 0.279 e. The molecule has 0 amide bonds. The van der Waals surface area contributed by atoms with Crippen molar-refractivity contribution in [1.29, 1.82) is 0 Å². The average Bonchev–Trinajstić information content (AvgIpc) is 2.51. The predicted octanol–water partition coefficient (Wildman–Crippen LogP) is 1.54. The second-order valence-corrected chi connectivity index (χ2v) is 4.14. The Morgan fingerprint density at radius 1 is 1.53 bits per heavy atom. The van der Waals surface area contributed by atoms with E-state index in [1.165, 1.54) is 6.07 Å². The predicted molar refractivity (Wildman–Crippen MR) is 54.6 cm³/mol. The SMILES string of the molecule is O=C1c2c(O)ccc(Br)c2CC1[N+](=O)[O-]. The lowest BCUT2D eigenvalue weighted by Crippen LogP contribution is -2.25. The van der Waals surface area contributed by atoms with Crippen molar-refractivity contribution in [1.82, 2.24) is 0 Å². The van der Waals surface area contributed by atoms with Gasteiger partial charge in [-0.05, 0) is 17.7 Å². The second-order valence-electron chi connectivity index (χ2n) is 3.29. The lowest BCUT2D eigenvalue weighted by Gasteiger charge is -2.01. The van der Waals surface area contributed by atoms with Crippen LogP contribution < -0.4 is 0 Å². The van der Waals surface area contributed by atoms with Crippen LogP contribution in [-0.2, 0) is 6.42 Å². The molecule has 1 atom stereocenters. The number of halogens is 1. The van der Waals surface area contributed by atoms with Gasteiger partial charge in [0.15, 0.2) is 0 Å². The lowest BCUT2D eigenvalue weighted by atomic mass is 10.1. The normalized spacial score (nSPS) is 19.0. The molecule has 1 N–H and O–H groups in total. The summed E-state index contributed by atoms with van der Waals surface area (Å²) in [5.41, 5.74) is 0.591. The maximum absolute atomic E-state index is 11.6. The van der Waals surface area contributed by atoms with Crippen LogP contribution in [0.1, 0.15) is 15.9 Å². The molecule has 1 aliphatic rings. The first-order valence-electron chi connectivity index (χ1n) is 4.20. The molecule has 0 heterocycles. The summed E-state index contributed by atoms with van der Waals surface area (Å²) in [6.45, 7) is 0. The van der Waals surface area contributed by atoms with E-state index in [4.69, 9.17) is 0 Å². The van der Waals surface area contributed by atoms with Crippen LogP contribution in [0, 0.1) is 10.1 Å². The molecule has 0 bridgehead atoms. The third-order valence-electron chi connectivity index (χ3n) is 2.43. The first-order chi connectivity index (χ1) is 7.02. The van der Waals surface area contributed by atoms with E-state index in [9.17, 15) is 20.0 Å². The van der Waals surface area contributed by atoms with Crippen LogP contribution in [0.2, 0.25) is 0 Å². The van der Waals surface area contributed by atoms with Crippen LogP contribution in [0.5, 0.6) is 5.75 Å². The van der Waals surface area contributed by atoms with E-state index in [1.54, 1.807) is 6.07 Å². The molecular formula is C9H6BrNO4. The molecule has 6 heteroatoms. The monoisotopic (exact) mass is 271 g/mol. The zero-order chi connectivity index (χ0) is 11.2. The van der Waals surface area contributed by atoms with Crippen molar-refractivity contribution in [2.24, 2.45) is 0 Å². The molecule has 0 spiro atoms. The number of nitrogens with zero attached hydrogens (tertiary/aromatic N) is 1. The highest BCUT2D eigenvalue weighted by Gasteiger charge is 2.42. The van der Waals surface area contributed by atoms with Gasteiger partial charge < -0.3 is 5.11 Å². The van der Waals surface area contributed by atoms with Gasteiger partial charge in [-0.3, -0.25) is 14.9 Å². The Morgan fingerprint density at radius 3 is 2.73 bits per heavy atom. The van der Waals surface area contributed by atoms with Gasteiger partial charge in [0.25, 0.3) is 6.04 Å². The minimum absolute atomic E-state index is 0.0378. The number of nitro groups is 1. The molecular weight excluding hydrogens is 266 g/mol. The van der Waals surface area contributed by atoms with E-state index in [-0.39, 0.29) is 17.7 Å². The number of rotatable bonds is 1. The lowest BCUT2D eigenvalue weighted by molar-refractivity contribution is -0.503. The number of Topliss-reactive ketones (excluding diaryl/α,β-unsaturated/α-hetero) is 1. The fraction of sp³-hybridized carbons (Fsp3) is 0.222. The van der Waals surface area contributed by atoms with Crippen molar-refractivity contribution in [3.8, 4) is 5.75 Å². The number of ketones is 1. The highest BCUT2D eigenvalue weighted by molar-refractivity contribution is 9.10. The van der Waals surface area contributed by atoms with Crippen molar-refractivity contribution in [2.75, 3.05) is 0 Å². The Labute approximate surface area is 93.0 Å². The fourth-order valence-electron chi connectivity index (χ4n) is 1.71. The molecule has 2 rings (SSSR count). The molecule has 1 aliphatic carbocycles. The van der Waals surface area contributed by atoms with Crippen LogP contribution in [-0.4, -0.2) is 21.9 Å². The first-order valence-corrected chi connectivity index (χ1v) is 4.99. The van der Waals surface area contributed by atoms with Crippen molar-refractivity contribution < 1.29 is 14.8 Å². The standard InChI is InChI=1S/C9H6BrNO4/c10-5-1-2-7(12)8-4(5)3-6(9(8)13)11(14)15/h1-2,6,12H,3H2. The zero-order valence-corrected chi connectivity index (χ0v) is 9.02. The number of aromatic hydroxyl groups is 1. The third kappa shape index (κ3) is 1.41. The molecule has 0 aliphatic heterocycles. The number of hydrogen-bond acceptors (Lipinski definition) is 4. The fourth-order valence-corrected chi connectivity index (χ4v) is 2.20. The van der Waals surface area contributed by atoms with E-state index >= 15 is 0 Å². The summed E-state index contributed by atoms with van der Waals surface area (Å²) in [6, 6.07) is 1.66. The van der Waals surface area contributed by atoms with Crippen molar-refractivity contribution in [3.05, 3.63) is 37.8 Å². The number of fused-ring (bicyclic) bond motifs is 1. The van der Waals surface area contributed by atoms with Gasteiger partial charge in [0.1, 0.15) is 5.75 Å². The van der Waals surface area contributed by atoms with Gasteiger partial charge in [-0.15, -0.1) is 0 Å². The molecule has 1 unspecified atom stereocenters. The molecule has 15 heavy (non-hydrogen) atoms. The summed E-state index contributed by atoms with van der Waals surface area (Å²) < 4.78 is 0.619. The van der Waals surface area contributed by atoms with Crippen molar-refractivity contribution in [3.63, 3.8) is 0 Å². The molecule has 0 saturated carbocycles. The molecule has 78 valence electrons.